The summed E-state index contributed by atoms with van der Waals surface area (Å²) < 4.78 is 2.38. The van der Waals surface area contributed by atoms with E-state index in [9.17, 15) is 0 Å². The zero-order valence-electron chi connectivity index (χ0n) is 11.3. The number of nitrogens with one attached hydrogen (secondary N) is 1. The highest BCUT2D eigenvalue weighted by atomic mass is 15.2. The highest BCUT2D eigenvalue weighted by Gasteiger charge is 2.25. The maximum atomic E-state index is 4.36. The molecule has 1 N–H and O–H groups in total. The van der Waals surface area contributed by atoms with Gasteiger partial charge in [-0.1, -0.05) is 6.92 Å². The Morgan fingerprint density at radius 3 is 3.11 bits per heavy atom. The molecule has 4 nitrogen and oxygen atoms in total. The first-order valence-corrected chi connectivity index (χ1v) is 7.36. The van der Waals surface area contributed by atoms with Crippen molar-refractivity contribution in [3.63, 3.8) is 0 Å². The van der Waals surface area contributed by atoms with Crippen molar-refractivity contribution < 1.29 is 0 Å². The van der Waals surface area contributed by atoms with E-state index in [1.165, 1.54) is 44.5 Å². The molecule has 4 heteroatoms. The van der Waals surface area contributed by atoms with Crippen molar-refractivity contribution in [1.82, 2.24) is 19.8 Å². The fourth-order valence-corrected chi connectivity index (χ4v) is 3.46. The zero-order chi connectivity index (χ0) is 12.4. The molecule has 0 saturated carbocycles. The van der Waals surface area contributed by atoms with Crippen LogP contribution in [-0.2, 0) is 6.54 Å². The molecule has 0 bridgehead atoms. The van der Waals surface area contributed by atoms with E-state index in [1.807, 2.05) is 12.5 Å². The number of likely N-dealkylation sites (N-methyl/N-ethyl adjacent to an activating group) is 1. The number of imidazole rings is 1. The van der Waals surface area contributed by atoms with Gasteiger partial charge in [-0.2, -0.15) is 0 Å². The molecule has 0 spiro atoms. The first kappa shape index (κ1) is 12.2. The van der Waals surface area contributed by atoms with Crippen molar-refractivity contribution in [2.24, 2.45) is 0 Å². The minimum absolute atomic E-state index is 0.531. The van der Waals surface area contributed by atoms with Crippen molar-refractivity contribution in [2.75, 3.05) is 19.6 Å². The standard InChI is InChI=1S/C14H24N4/c1-2-17-8-4-5-12(17)10-18-11-15-9-14(18)13-6-3-7-16-13/h9,11-13,16H,2-8,10H2,1H3/t12?,13-/m0/s1. The monoisotopic (exact) mass is 248 g/mol. The number of rotatable bonds is 4. The van der Waals surface area contributed by atoms with Gasteiger partial charge in [0.05, 0.1) is 12.0 Å². The topological polar surface area (TPSA) is 33.1 Å². The maximum Gasteiger partial charge on any atom is 0.0949 e. The third kappa shape index (κ3) is 2.31. The van der Waals surface area contributed by atoms with Crippen molar-refractivity contribution in [3.8, 4) is 0 Å². The summed E-state index contributed by atoms with van der Waals surface area (Å²) in [6, 6.07) is 1.24. The van der Waals surface area contributed by atoms with Gasteiger partial charge < -0.3 is 9.88 Å². The van der Waals surface area contributed by atoms with Crippen LogP contribution in [0.15, 0.2) is 12.5 Å². The number of nitrogens with zero attached hydrogens (tertiary/aromatic N) is 3. The van der Waals surface area contributed by atoms with E-state index in [0.717, 1.165) is 13.1 Å². The Hall–Kier alpha value is -0.870. The second kappa shape index (κ2) is 5.41. The van der Waals surface area contributed by atoms with Gasteiger partial charge in [0.15, 0.2) is 0 Å². The normalized spacial score (nSPS) is 29.2. The molecule has 0 amide bonds. The molecular weight excluding hydrogens is 224 g/mol. The fourth-order valence-electron chi connectivity index (χ4n) is 3.46. The second-order valence-corrected chi connectivity index (χ2v) is 5.54. The highest BCUT2D eigenvalue weighted by Crippen LogP contribution is 2.25. The summed E-state index contributed by atoms with van der Waals surface area (Å²) in [5.41, 5.74) is 1.38. The van der Waals surface area contributed by atoms with Gasteiger partial charge in [-0.25, -0.2) is 4.98 Å². The lowest BCUT2D eigenvalue weighted by Crippen LogP contribution is -2.33. The van der Waals surface area contributed by atoms with Crippen molar-refractivity contribution >= 4 is 0 Å². The number of hydrogen-bond acceptors (Lipinski definition) is 3. The summed E-state index contributed by atoms with van der Waals surface area (Å²) in [7, 11) is 0. The van der Waals surface area contributed by atoms with E-state index in [4.69, 9.17) is 0 Å². The molecule has 2 atom stereocenters. The van der Waals surface area contributed by atoms with Crippen LogP contribution in [0.25, 0.3) is 0 Å². The molecule has 0 radical (unpaired) electrons. The number of hydrogen-bond donors (Lipinski definition) is 1. The molecule has 1 unspecified atom stereocenters. The molecule has 0 aliphatic carbocycles. The van der Waals surface area contributed by atoms with Crippen molar-refractivity contribution in [1.29, 1.82) is 0 Å². The second-order valence-electron chi connectivity index (χ2n) is 5.54. The van der Waals surface area contributed by atoms with Gasteiger partial charge >= 0.3 is 0 Å². The molecule has 1 aromatic rings. The summed E-state index contributed by atoms with van der Waals surface area (Å²) in [5.74, 6) is 0. The smallest absolute Gasteiger partial charge is 0.0949 e. The van der Waals surface area contributed by atoms with Crippen LogP contribution in [0.5, 0.6) is 0 Å². The Kier molecular flexibility index (Phi) is 3.66. The van der Waals surface area contributed by atoms with Crippen LogP contribution in [-0.4, -0.2) is 40.1 Å². The van der Waals surface area contributed by atoms with Gasteiger partial charge in [-0.15, -0.1) is 0 Å². The van der Waals surface area contributed by atoms with Crippen LogP contribution in [0.4, 0.5) is 0 Å². The van der Waals surface area contributed by atoms with Crippen LogP contribution >= 0.6 is 0 Å². The van der Waals surface area contributed by atoms with Crippen molar-refractivity contribution in [3.05, 3.63) is 18.2 Å². The highest BCUT2D eigenvalue weighted by molar-refractivity contribution is 5.07. The maximum absolute atomic E-state index is 4.36. The molecule has 2 saturated heterocycles. The molecule has 18 heavy (non-hydrogen) atoms. The Balaban J connectivity index is 1.70. The molecule has 2 fully saturated rings. The Morgan fingerprint density at radius 1 is 1.39 bits per heavy atom. The van der Waals surface area contributed by atoms with Crippen molar-refractivity contribution in [2.45, 2.75) is 51.2 Å². The van der Waals surface area contributed by atoms with E-state index in [1.54, 1.807) is 0 Å². The summed E-state index contributed by atoms with van der Waals surface area (Å²) in [5, 5.41) is 3.58. The largest absolute Gasteiger partial charge is 0.332 e. The summed E-state index contributed by atoms with van der Waals surface area (Å²) in [6.07, 6.45) is 9.30. The first-order chi connectivity index (χ1) is 8.88. The molecular formula is C14H24N4. The molecule has 1 aromatic heterocycles. The average molecular weight is 248 g/mol. The van der Waals surface area contributed by atoms with Gasteiger partial charge in [0, 0.05) is 24.8 Å². The average Bonchev–Trinajstić information content (AvgIpc) is 3.09. The van der Waals surface area contributed by atoms with Crippen LogP contribution in [0, 0.1) is 0 Å². The third-order valence-corrected chi connectivity index (χ3v) is 4.47. The van der Waals surface area contributed by atoms with E-state index in [-0.39, 0.29) is 0 Å². The zero-order valence-corrected chi connectivity index (χ0v) is 11.3. The Morgan fingerprint density at radius 2 is 2.33 bits per heavy atom. The fraction of sp³-hybridized carbons (Fsp3) is 0.786. The molecule has 2 aliphatic heterocycles. The summed E-state index contributed by atoms with van der Waals surface area (Å²) in [4.78, 5) is 6.97. The number of aromatic nitrogens is 2. The molecule has 0 aromatic carbocycles. The number of likely N-dealkylation sites (tertiary alicyclic amines) is 1. The quantitative estimate of drug-likeness (QED) is 0.882. The Labute approximate surface area is 109 Å². The van der Waals surface area contributed by atoms with E-state index >= 15 is 0 Å². The van der Waals surface area contributed by atoms with E-state index in [0.29, 0.717) is 12.1 Å². The summed E-state index contributed by atoms with van der Waals surface area (Å²) in [6.45, 7) is 6.98. The van der Waals surface area contributed by atoms with Gasteiger partial charge in [0.2, 0.25) is 0 Å². The SMILES string of the molecule is CCN1CCCC1Cn1cncc1[C@@H]1CCCN1. The van der Waals surface area contributed by atoms with Crippen LogP contribution < -0.4 is 5.32 Å². The Bertz CT molecular complexity index is 381. The van der Waals surface area contributed by atoms with Crippen LogP contribution in [0.2, 0.25) is 0 Å². The third-order valence-electron chi connectivity index (χ3n) is 4.47. The van der Waals surface area contributed by atoms with Gasteiger partial charge in [0.25, 0.3) is 0 Å². The lowest BCUT2D eigenvalue weighted by molar-refractivity contribution is 0.242. The van der Waals surface area contributed by atoms with E-state index in [2.05, 4.69) is 26.7 Å². The minimum atomic E-state index is 0.531. The van der Waals surface area contributed by atoms with Gasteiger partial charge in [-0.3, -0.25) is 4.90 Å². The minimum Gasteiger partial charge on any atom is -0.332 e. The molecule has 3 heterocycles. The van der Waals surface area contributed by atoms with Gasteiger partial charge in [0.1, 0.15) is 0 Å². The molecule has 100 valence electrons. The predicted octanol–water partition coefficient (Wildman–Crippen LogP) is 1.79. The molecule has 3 rings (SSSR count). The summed E-state index contributed by atoms with van der Waals surface area (Å²) >= 11 is 0. The predicted molar refractivity (Wildman–Crippen MR) is 72.5 cm³/mol. The van der Waals surface area contributed by atoms with E-state index < -0.39 is 0 Å². The molecule has 2 aliphatic rings. The van der Waals surface area contributed by atoms with Crippen LogP contribution in [0.1, 0.15) is 44.3 Å². The van der Waals surface area contributed by atoms with Gasteiger partial charge in [-0.05, 0) is 45.3 Å². The van der Waals surface area contributed by atoms with Crippen LogP contribution in [0.3, 0.4) is 0 Å². The lowest BCUT2D eigenvalue weighted by Gasteiger charge is -2.24. The first-order valence-electron chi connectivity index (χ1n) is 7.36. The lowest BCUT2D eigenvalue weighted by atomic mass is 10.1.